The third kappa shape index (κ3) is 5.77. The number of carbonyl (C=O) groups excluding carboxylic acids is 2. The van der Waals surface area contributed by atoms with Gasteiger partial charge in [-0.15, -0.1) is 0 Å². The van der Waals surface area contributed by atoms with E-state index in [2.05, 4.69) is 15.0 Å². The van der Waals surface area contributed by atoms with E-state index in [4.69, 9.17) is 9.47 Å². The smallest absolute Gasteiger partial charge is 0.343 e. The van der Waals surface area contributed by atoms with Crippen molar-refractivity contribution in [2.45, 2.75) is 19.9 Å². The Hall–Kier alpha value is -3.09. The van der Waals surface area contributed by atoms with Gasteiger partial charge in [0, 0.05) is 23.9 Å². The number of carbonyl (C=O) groups is 2. The van der Waals surface area contributed by atoms with Crippen molar-refractivity contribution >= 4 is 11.9 Å². The molecule has 0 spiro atoms. The number of hydrogen-bond acceptors (Lipinski definition) is 6. The van der Waals surface area contributed by atoms with Gasteiger partial charge in [0.05, 0.1) is 13.7 Å². The number of pyridine rings is 1. The van der Waals surface area contributed by atoms with Crippen LogP contribution in [-0.2, 0) is 16.1 Å². The minimum atomic E-state index is -0.490. The number of nitrogens with zero attached hydrogens (tertiary/aromatic N) is 1. The SMILES string of the molecule is CCCOc1ncccc1CNC(=O)c1cccc(OCC(=O)OC)c1. The zero-order chi connectivity index (χ0) is 18.8. The first-order chi connectivity index (χ1) is 12.6. The summed E-state index contributed by atoms with van der Waals surface area (Å²) in [6.45, 7) is 2.66. The maximum atomic E-state index is 12.4. The monoisotopic (exact) mass is 358 g/mol. The van der Waals surface area contributed by atoms with Crippen LogP contribution in [0.5, 0.6) is 11.6 Å². The Kier molecular flexibility index (Phi) is 7.42. The van der Waals surface area contributed by atoms with E-state index >= 15 is 0 Å². The first-order valence-corrected chi connectivity index (χ1v) is 8.28. The van der Waals surface area contributed by atoms with Crippen LogP contribution in [-0.4, -0.2) is 37.2 Å². The fourth-order valence-corrected chi connectivity index (χ4v) is 2.09. The Balaban J connectivity index is 1.97. The summed E-state index contributed by atoms with van der Waals surface area (Å²) in [5.74, 6) is 0.177. The minimum absolute atomic E-state index is 0.213. The molecular weight excluding hydrogens is 336 g/mol. The maximum Gasteiger partial charge on any atom is 0.343 e. The van der Waals surface area contributed by atoms with Gasteiger partial charge in [-0.25, -0.2) is 9.78 Å². The van der Waals surface area contributed by atoms with Crippen LogP contribution >= 0.6 is 0 Å². The van der Waals surface area contributed by atoms with Gasteiger partial charge in [0.2, 0.25) is 5.88 Å². The molecule has 138 valence electrons. The van der Waals surface area contributed by atoms with Crippen LogP contribution < -0.4 is 14.8 Å². The third-order valence-corrected chi connectivity index (χ3v) is 3.41. The molecule has 1 N–H and O–H groups in total. The second-order valence-electron chi connectivity index (χ2n) is 5.39. The zero-order valence-electron chi connectivity index (χ0n) is 14.9. The first kappa shape index (κ1) is 19.2. The maximum absolute atomic E-state index is 12.4. The number of aromatic nitrogens is 1. The number of amides is 1. The lowest BCUT2D eigenvalue weighted by atomic mass is 10.2. The number of nitrogens with one attached hydrogen (secondary N) is 1. The summed E-state index contributed by atoms with van der Waals surface area (Å²) >= 11 is 0. The molecule has 0 atom stereocenters. The van der Waals surface area contributed by atoms with Gasteiger partial charge in [-0.1, -0.05) is 19.1 Å². The Morgan fingerprint density at radius 1 is 1.15 bits per heavy atom. The quantitative estimate of drug-likeness (QED) is 0.693. The molecule has 2 aromatic rings. The lowest BCUT2D eigenvalue weighted by Crippen LogP contribution is -2.23. The lowest BCUT2D eigenvalue weighted by molar-refractivity contribution is -0.142. The molecule has 0 unspecified atom stereocenters. The highest BCUT2D eigenvalue weighted by atomic mass is 16.6. The molecule has 0 fully saturated rings. The third-order valence-electron chi connectivity index (χ3n) is 3.41. The first-order valence-electron chi connectivity index (χ1n) is 8.28. The van der Waals surface area contributed by atoms with Gasteiger partial charge < -0.3 is 19.5 Å². The standard InChI is InChI=1S/C19H22N2O5/c1-3-10-25-19-15(7-5-9-20-19)12-21-18(23)14-6-4-8-16(11-14)26-13-17(22)24-2/h4-9,11H,3,10,12-13H2,1-2H3,(H,21,23). The molecule has 0 aliphatic heterocycles. The van der Waals surface area contributed by atoms with E-state index in [1.165, 1.54) is 7.11 Å². The molecule has 7 nitrogen and oxygen atoms in total. The number of methoxy groups -OCH3 is 1. The number of ether oxygens (including phenoxy) is 3. The predicted octanol–water partition coefficient (Wildman–Crippen LogP) is 2.35. The van der Waals surface area contributed by atoms with Crippen molar-refractivity contribution in [2.24, 2.45) is 0 Å². The lowest BCUT2D eigenvalue weighted by Gasteiger charge is -2.11. The summed E-state index contributed by atoms with van der Waals surface area (Å²) in [7, 11) is 1.28. The van der Waals surface area contributed by atoms with Crippen molar-refractivity contribution in [1.82, 2.24) is 10.3 Å². The second kappa shape index (κ2) is 10.0. The van der Waals surface area contributed by atoms with E-state index in [1.807, 2.05) is 13.0 Å². The van der Waals surface area contributed by atoms with E-state index in [0.717, 1.165) is 12.0 Å². The summed E-state index contributed by atoms with van der Waals surface area (Å²) in [6, 6.07) is 10.2. The molecule has 1 amide bonds. The van der Waals surface area contributed by atoms with Crippen LogP contribution in [0.4, 0.5) is 0 Å². The molecule has 0 aliphatic carbocycles. The Morgan fingerprint density at radius 3 is 2.77 bits per heavy atom. The van der Waals surface area contributed by atoms with Crippen molar-refractivity contribution in [3.63, 3.8) is 0 Å². The summed E-state index contributed by atoms with van der Waals surface area (Å²) in [5.41, 5.74) is 1.22. The molecule has 1 aromatic carbocycles. The normalized spacial score (nSPS) is 10.1. The van der Waals surface area contributed by atoms with Crippen molar-refractivity contribution in [1.29, 1.82) is 0 Å². The topological polar surface area (TPSA) is 86.8 Å². The van der Waals surface area contributed by atoms with E-state index < -0.39 is 5.97 Å². The van der Waals surface area contributed by atoms with Crippen molar-refractivity contribution in [2.75, 3.05) is 20.3 Å². The summed E-state index contributed by atoms with van der Waals surface area (Å²) < 4.78 is 15.4. The van der Waals surface area contributed by atoms with Crippen LogP contribution in [0.1, 0.15) is 29.3 Å². The van der Waals surface area contributed by atoms with Crippen molar-refractivity contribution in [3.8, 4) is 11.6 Å². The highest BCUT2D eigenvalue weighted by Gasteiger charge is 2.10. The molecule has 0 saturated heterocycles. The van der Waals surface area contributed by atoms with Gasteiger partial charge in [-0.3, -0.25) is 4.79 Å². The van der Waals surface area contributed by atoms with Gasteiger partial charge in [0.15, 0.2) is 6.61 Å². The largest absolute Gasteiger partial charge is 0.482 e. The fourth-order valence-electron chi connectivity index (χ4n) is 2.09. The number of esters is 1. The van der Waals surface area contributed by atoms with E-state index in [0.29, 0.717) is 30.3 Å². The predicted molar refractivity (Wildman–Crippen MR) is 95.1 cm³/mol. The van der Waals surface area contributed by atoms with Gasteiger partial charge in [-0.2, -0.15) is 0 Å². The van der Waals surface area contributed by atoms with E-state index in [-0.39, 0.29) is 12.5 Å². The molecule has 0 aliphatic rings. The highest BCUT2D eigenvalue weighted by Crippen LogP contribution is 2.16. The average molecular weight is 358 g/mol. The Bertz CT molecular complexity index is 748. The van der Waals surface area contributed by atoms with Crippen molar-refractivity contribution < 1.29 is 23.8 Å². The summed E-state index contributed by atoms with van der Waals surface area (Å²) in [4.78, 5) is 27.7. The van der Waals surface area contributed by atoms with Crippen LogP contribution in [0.15, 0.2) is 42.6 Å². The number of benzene rings is 1. The van der Waals surface area contributed by atoms with Gasteiger partial charge in [0.25, 0.3) is 5.91 Å². The molecule has 0 saturated carbocycles. The number of rotatable bonds is 9. The fraction of sp³-hybridized carbons (Fsp3) is 0.316. The highest BCUT2D eigenvalue weighted by molar-refractivity contribution is 5.94. The van der Waals surface area contributed by atoms with Crippen molar-refractivity contribution in [3.05, 3.63) is 53.7 Å². The summed E-state index contributed by atoms with van der Waals surface area (Å²) in [5, 5.41) is 2.83. The molecule has 0 radical (unpaired) electrons. The minimum Gasteiger partial charge on any atom is -0.482 e. The van der Waals surface area contributed by atoms with E-state index in [1.54, 1.807) is 36.5 Å². The molecule has 0 bridgehead atoms. The Morgan fingerprint density at radius 2 is 2.00 bits per heavy atom. The molecule has 7 heteroatoms. The molecule has 1 heterocycles. The molecule has 26 heavy (non-hydrogen) atoms. The zero-order valence-corrected chi connectivity index (χ0v) is 14.9. The van der Waals surface area contributed by atoms with Gasteiger partial charge >= 0.3 is 5.97 Å². The average Bonchev–Trinajstić information content (AvgIpc) is 2.69. The van der Waals surface area contributed by atoms with Crippen LogP contribution in [0.2, 0.25) is 0 Å². The second-order valence-corrected chi connectivity index (χ2v) is 5.39. The van der Waals surface area contributed by atoms with Gasteiger partial charge in [-0.05, 0) is 30.7 Å². The molecule has 2 rings (SSSR count). The van der Waals surface area contributed by atoms with E-state index in [9.17, 15) is 9.59 Å². The molecule has 1 aromatic heterocycles. The van der Waals surface area contributed by atoms with Gasteiger partial charge in [0.1, 0.15) is 5.75 Å². The molecular formula is C19H22N2O5. The van der Waals surface area contributed by atoms with Crippen LogP contribution in [0.3, 0.4) is 0 Å². The van der Waals surface area contributed by atoms with Crippen LogP contribution in [0, 0.1) is 0 Å². The Labute approximate surface area is 152 Å². The van der Waals surface area contributed by atoms with Crippen LogP contribution in [0.25, 0.3) is 0 Å². The summed E-state index contributed by atoms with van der Waals surface area (Å²) in [6.07, 6.45) is 2.53. The number of hydrogen-bond donors (Lipinski definition) is 1.